The first kappa shape index (κ1) is 13.2. The van der Waals surface area contributed by atoms with Crippen LogP contribution in [0.2, 0.25) is 5.02 Å². The maximum Gasteiger partial charge on any atom is 0.214 e. The zero-order valence-electron chi connectivity index (χ0n) is 11.7. The summed E-state index contributed by atoms with van der Waals surface area (Å²) in [5, 5.41) is 0.684. The van der Waals surface area contributed by atoms with Crippen molar-refractivity contribution in [2.45, 2.75) is 6.42 Å². The normalized spacial score (nSPS) is 14.2. The summed E-state index contributed by atoms with van der Waals surface area (Å²) in [6, 6.07) is 14.5. The molecule has 102 valence electrons. The fraction of sp³-hybridized carbons (Fsp3) is 0.235. The average molecular weight is 287 g/mol. The van der Waals surface area contributed by atoms with E-state index in [4.69, 9.17) is 16.3 Å². The van der Waals surface area contributed by atoms with E-state index in [9.17, 15) is 0 Å². The first-order chi connectivity index (χ1) is 9.70. The van der Waals surface area contributed by atoms with E-state index in [1.165, 1.54) is 22.4 Å². The molecule has 3 heteroatoms. The van der Waals surface area contributed by atoms with Gasteiger partial charge in [0.2, 0.25) is 5.71 Å². The van der Waals surface area contributed by atoms with Gasteiger partial charge in [-0.2, -0.15) is 0 Å². The lowest BCUT2D eigenvalue weighted by Gasteiger charge is -2.18. The molecule has 1 aliphatic heterocycles. The smallest absolute Gasteiger partial charge is 0.214 e. The quantitative estimate of drug-likeness (QED) is 0.771. The summed E-state index contributed by atoms with van der Waals surface area (Å²) >= 11 is 6.24. The topological polar surface area (TPSA) is 12.2 Å². The number of halogens is 1. The third-order valence-corrected chi connectivity index (χ3v) is 4.07. The third kappa shape index (κ3) is 2.20. The molecule has 0 N–H and O–H groups in total. The zero-order chi connectivity index (χ0) is 14.1. The number of fused-ring (bicyclic) bond motifs is 1. The van der Waals surface area contributed by atoms with Crippen molar-refractivity contribution in [3.05, 3.63) is 64.2 Å². The molecule has 2 aromatic rings. The Morgan fingerprint density at radius 2 is 1.90 bits per heavy atom. The predicted octanol–water partition coefficient (Wildman–Crippen LogP) is 3.38. The van der Waals surface area contributed by atoms with Gasteiger partial charge in [0.15, 0.2) is 0 Å². The van der Waals surface area contributed by atoms with Gasteiger partial charge in [-0.15, -0.1) is 0 Å². The van der Waals surface area contributed by atoms with E-state index in [-0.39, 0.29) is 0 Å². The molecule has 3 rings (SSSR count). The van der Waals surface area contributed by atoms with E-state index in [0.29, 0.717) is 5.02 Å². The van der Waals surface area contributed by atoms with Gasteiger partial charge >= 0.3 is 0 Å². The fourth-order valence-electron chi connectivity index (χ4n) is 2.76. The molecule has 0 bridgehead atoms. The number of hydrogen-bond donors (Lipinski definition) is 0. The van der Waals surface area contributed by atoms with Crippen molar-refractivity contribution in [1.29, 1.82) is 0 Å². The van der Waals surface area contributed by atoms with Gasteiger partial charge < -0.3 is 4.74 Å². The molecule has 0 fully saturated rings. The summed E-state index contributed by atoms with van der Waals surface area (Å²) < 4.78 is 7.66. The molecule has 0 atom stereocenters. The standard InChI is InChI=1S/C17H17ClNO/c1-19-9-8-13-10-15(18)16(20-2)11-14(13)17(19)12-6-4-3-5-7-12/h3-7,10-11H,8-9H2,1-2H3/q+1. The number of methoxy groups -OCH3 is 1. The Morgan fingerprint density at radius 1 is 1.15 bits per heavy atom. The van der Waals surface area contributed by atoms with E-state index < -0.39 is 0 Å². The highest BCUT2D eigenvalue weighted by Gasteiger charge is 2.26. The second-order valence-electron chi connectivity index (χ2n) is 5.03. The number of hydrogen-bond acceptors (Lipinski definition) is 1. The molecule has 0 aromatic heterocycles. The van der Waals surface area contributed by atoms with Crippen LogP contribution in [0.25, 0.3) is 0 Å². The molecule has 2 aromatic carbocycles. The van der Waals surface area contributed by atoms with Gasteiger partial charge in [-0.3, -0.25) is 0 Å². The Balaban J connectivity index is 2.21. The van der Waals surface area contributed by atoms with Crippen molar-refractivity contribution in [1.82, 2.24) is 0 Å². The second-order valence-corrected chi connectivity index (χ2v) is 5.44. The van der Waals surface area contributed by atoms with Crippen molar-refractivity contribution in [2.75, 3.05) is 20.7 Å². The van der Waals surface area contributed by atoms with Gasteiger partial charge in [0.25, 0.3) is 0 Å². The largest absolute Gasteiger partial charge is 0.495 e. The molecule has 2 nitrogen and oxygen atoms in total. The summed E-state index contributed by atoms with van der Waals surface area (Å²) in [5.41, 5.74) is 4.96. The monoisotopic (exact) mass is 286 g/mol. The minimum absolute atomic E-state index is 0.684. The summed E-state index contributed by atoms with van der Waals surface area (Å²) in [4.78, 5) is 0. The lowest BCUT2D eigenvalue weighted by atomic mass is 9.92. The number of nitrogens with zero attached hydrogens (tertiary/aromatic N) is 1. The summed E-state index contributed by atoms with van der Waals surface area (Å²) in [5.74, 6) is 0.731. The van der Waals surface area contributed by atoms with Crippen LogP contribution in [0.5, 0.6) is 5.75 Å². The molecule has 0 amide bonds. The number of benzene rings is 2. The molecule has 0 saturated carbocycles. The van der Waals surface area contributed by atoms with Gasteiger partial charge in [-0.1, -0.05) is 29.8 Å². The Morgan fingerprint density at radius 3 is 2.60 bits per heavy atom. The maximum atomic E-state index is 6.24. The minimum Gasteiger partial charge on any atom is -0.495 e. The molecule has 0 unspecified atom stereocenters. The number of ether oxygens (including phenoxy) is 1. The van der Waals surface area contributed by atoms with Gasteiger partial charge in [-0.25, -0.2) is 4.58 Å². The minimum atomic E-state index is 0.684. The molecule has 0 saturated heterocycles. The highest BCUT2D eigenvalue weighted by molar-refractivity contribution is 6.32. The van der Waals surface area contributed by atoms with Gasteiger partial charge in [0, 0.05) is 12.0 Å². The van der Waals surface area contributed by atoms with Crippen molar-refractivity contribution < 1.29 is 9.31 Å². The van der Waals surface area contributed by atoms with Gasteiger partial charge in [0.1, 0.15) is 19.3 Å². The van der Waals surface area contributed by atoms with Gasteiger partial charge in [-0.05, 0) is 29.8 Å². The van der Waals surface area contributed by atoms with Crippen molar-refractivity contribution in [3.8, 4) is 5.75 Å². The van der Waals surface area contributed by atoms with Crippen LogP contribution in [0.3, 0.4) is 0 Å². The van der Waals surface area contributed by atoms with Crippen LogP contribution in [0, 0.1) is 0 Å². The van der Waals surface area contributed by atoms with E-state index >= 15 is 0 Å². The van der Waals surface area contributed by atoms with Crippen LogP contribution >= 0.6 is 11.6 Å². The fourth-order valence-corrected chi connectivity index (χ4v) is 3.02. The molecule has 0 radical (unpaired) electrons. The number of rotatable bonds is 2. The lowest BCUT2D eigenvalue weighted by molar-refractivity contribution is -0.497. The highest BCUT2D eigenvalue weighted by Crippen LogP contribution is 2.31. The van der Waals surface area contributed by atoms with Crippen molar-refractivity contribution >= 4 is 17.3 Å². The molecule has 0 spiro atoms. The molecular weight excluding hydrogens is 270 g/mol. The third-order valence-electron chi connectivity index (χ3n) is 3.78. The Kier molecular flexibility index (Phi) is 3.49. The molecular formula is C17H17ClNO+. The van der Waals surface area contributed by atoms with Crippen LogP contribution in [0.15, 0.2) is 42.5 Å². The first-order valence-electron chi connectivity index (χ1n) is 6.71. The van der Waals surface area contributed by atoms with Crippen molar-refractivity contribution in [3.63, 3.8) is 0 Å². The van der Waals surface area contributed by atoms with E-state index in [0.717, 1.165) is 18.7 Å². The Hall–Kier alpha value is -1.80. The van der Waals surface area contributed by atoms with E-state index in [2.05, 4.69) is 42.0 Å². The maximum absolute atomic E-state index is 6.24. The van der Waals surface area contributed by atoms with E-state index in [1.807, 2.05) is 12.1 Å². The second kappa shape index (κ2) is 5.29. The average Bonchev–Trinajstić information content (AvgIpc) is 2.48. The van der Waals surface area contributed by atoms with Gasteiger partial charge in [0.05, 0.1) is 17.7 Å². The first-order valence-corrected chi connectivity index (χ1v) is 7.09. The molecule has 20 heavy (non-hydrogen) atoms. The summed E-state index contributed by atoms with van der Waals surface area (Å²) in [6.07, 6.45) is 1.01. The number of likely N-dealkylation sites (N-methyl/N-ethyl adjacent to an activating group) is 1. The van der Waals surface area contributed by atoms with Crippen LogP contribution in [-0.4, -0.2) is 31.0 Å². The lowest BCUT2D eigenvalue weighted by Crippen LogP contribution is -2.28. The summed E-state index contributed by atoms with van der Waals surface area (Å²) in [6.45, 7) is 1.000. The zero-order valence-corrected chi connectivity index (χ0v) is 12.4. The highest BCUT2D eigenvalue weighted by atomic mass is 35.5. The SMILES string of the molecule is COc1cc2c(cc1Cl)CC[N+](C)=C2c1ccccc1. The van der Waals surface area contributed by atoms with Crippen molar-refractivity contribution in [2.24, 2.45) is 0 Å². The molecule has 1 heterocycles. The van der Waals surface area contributed by atoms with Crippen LogP contribution in [-0.2, 0) is 6.42 Å². The Labute approximate surface area is 124 Å². The van der Waals surface area contributed by atoms with Crippen LogP contribution < -0.4 is 4.74 Å². The molecule has 1 aliphatic rings. The Bertz CT molecular complexity index is 677. The predicted molar refractivity (Wildman–Crippen MR) is 82.4 cm³/mol. The van der Waals surface area contributed by atoms with Crippen LogP contribution in [0.4, 0.5) is 0 Å². The molecule has 0 aliphatic carbocycles. The summed E-state index contributed by atoms with van der Waals surface area (Å²) in [7, 11) is 3.79. The van der Waals surface area contributed by atoms with E-state index in [1.54, 1.807) is 7.11 Å². The van der Waals surface area contributed by atoms with Crippen LogP contribution in [0.1, 0.15) is 16.7 Å².